The van der Waals surface area contributed by atoms with Crippen molar-refractivity contribution in [2.45, 2.75) is 18.1 Å². The Morgan fingerprint density at radius 1 is 1.89 bits per heavy atom. The Labute approximate surface area is 64.6 Å². The Kier molecular flexibility index (Phi) is 2.89. The summed E-state index contributed by atoms with van der Waals surface area (Å²) in [6, 6.07) is 0. The van der Waals surface area contributed by atoms with Gasteiger partial charge in [-0.15, -0.1) is 11.8 Å². The third-order valence-electron chi connectivity index (χ3n) is 1.31. The molecule has 1 aliphatic heterocycles. The van der Waals surface area contributed by atoms with Crippen LogP contribution in [0.4, 0.5) is 0 Å². The summed E-state index contributed by atoms with van der Waals surface area (Å²) in [4.78, 5) is 0. The van der Waals surface area contributed by atoms with Crippen molar-refractivity contribution in [1.82, 2.24) is 0 Å². The van der Waals surface area contributed by atoms with Crippen molar-refractivity contribution in [3.05, 3.63) is 10.4 Å². The average Bonchev–Trinajstić information content (AvgIpc) is 2.17. The lowest BCUT2D eigenvalue weighted by molar-refractivity contribution is 0.785. The number of nitrogens with two attached hydrogens (primary N) is 1. The lowest BCUT2D eigenvalue weighted by Gasteiger charge is -2.03. The molecule has 1 rings (SSSR count). The minimum atomic E-state index is 0.655. The highest BCUT2D eigenvalue weighted by molar-refractivity contribution is 8.05. The molecule has 0 saturated carbocycles. The SMILES string of the molecule is NCCC1CC=C(Cl)S1. The third kappa shape index (κ3) is 2.20. The van der Waals surface area contributed by atoms with Crippen molar-refractivity contribution in [1.29, 1.82) is 0 Å². The van der Waals surface area contributed by atoms with Gasteiger partial charge in [0.05, 0.1) is 4.36 Å². The predicted octanol–water partition coefficient (Wildman–Crippen LogP) is 1.92. The molecule has 0 aromatic heterocycles. The van der Waals surface area contributed by atoms with E-state index in [1.807, 2.05) is 0 Å². The van der Waals surface area contributed by atoms with Crippen molar-refractivity contribution in [2.75, 3.05) is 6.54 Å². The van der Waals surface area contributed by atoms with Gasteiger partial charge in [-0.25, -0.2) is 0 Å². The summed E-state index contributed by atoms with van der Waals surface area (Å²) < 4.78 is 0.938. The maximum atomic E-state index is 5.73. The fourth-order valence-electron chi connectivity index (χ4n) is 0.842. The molecule has 1 aliphatic rings. The molecule has 2 N–H and O–H groups in total. The van der Waals surface area contributed by atoms with Crippen molar-refractivity contribution < 1.29 is 0 Å². The lowest BCUT2D eigenvalue weighted by Crippen LogP contribution is -2.07. The van der Waals surface area contributed by atoms with E-state index in [1.165, 1.54) is 0 Å². The van der Waals surface area contributed by atoms with E-state index in [4.69, 9.17) is 17.3 Å². The Morgan fingerprint density at radius 3 is 3.11 bits per heavy atom. The molecule has 0 fully saturated rings. The van der Waals surface area contributed by atoms with Crippen LogP contribution in [0.5, 0.6) is 0 Å². The van der Waals surface area contributed by atoms with Gasteiger partial charge in [0.1, 0.15) is 0 Å². The van der Waals surface area contributed by atoms with Gasteiger partial charge in [0.2, 0.25) is 0 Å². The monoisotopic (exact) mass is 163 g/mol. The van der Waals surface area contributed by atoms with Gasteiger partial charge >= 0.3 is 0 Å². The van der Waals surface area contributed by atoms with Gasteiger partial charge < -0.3 is 5.73 Å². The Balaban J connectivity index is 2.21. The molecule has 0 aromatic carbocycles. The zero-order chi connectivity index (χ0) is 6.69. The molecule has 52 valence electrons. The molecule has 0 amide bonds. The second-order valence-corrected chi connectivity index (χ2v) is 4.03. The fraction of sp³-hybridized carbons (Fsp3) is 0.667. The minimum Gasteiger partial charge on any atom is -0.330 e. The molecule has 0 aromatic rings. The van der Waals surface area contributed by atoms with E-state index in [0.29, 0.717) is 5.25 Å². The Bertz CT molecular complexity index is 124. The van der Waals surface area contributed by atoms with Crippen LogP contribution >= 0.6 is 23.4 Å². The van der Waals surface area contributed by atoms with Gasteiger partial charge in [0.25, 0.3) is 0 Å². The molecule has 3 heteroatoms. The Hall–Kier alpha value is 0.340. The molecule has 1 atom stereocenters. The quantitative estimate of drug-likeness (QED) is 0.673. The number of allylic oxidation sites excluding steroid dienone is 1. The summed E-state index contributed by atoms with van der Waals surface area (Å²) in [6.07, 6.45) is 4.24. The molecule has 1 unspecified atom stereocenters. The minimum absolute atomic E-state index is 0.655. The van der Waals surface area contributed by atoms with E-state index in [2.05, 4.69) is 6.08 Å². The lowest BCUT2D eigenvalue weighted by atomic mass is 10.2. The van der Waals surface area contributed by atoms with E-state index in [-0.39, 0.29) is 0 Å². The van der Waals surface area contributed by atoms with Gasteiger partial charge in [0.15, 0.2) is 0 Å². The summed E-state index contributed by atoms with van der Waals surface area (Å²) in [5, 5.41) is 0.655. The molecule has 9 heavy (non-hydrogen) atoms. The summed E-state index contributed by atoms with van der Waals surface area (Å²) in [6.45, 7) is 0.773. The van der Waals surface area contributed by atoms with Crippen LogP contribution in [0.15, 0.2) is 10.4 Å². The fourth-order valence-corrected chi connectivity index (χ4v) is 2.27. The second-order valence-electron chi connectivity index (χ2n) is 2.06. The van der Waals surface area contributed by atoms with E-state index in [9.17, 15) is 0 Å². The molecule has 0 spiro atoms. The van der Waals surface area contributed by atoms with Crippen LogP contribution in [0, 0.1) is 0 Å². The first-order valence-electron chi connectivity index (χ1n) is 3.05. The molecule has 1 heterocycles. The normalized spacial score (nSPS) is 26.4. The molecule has 0 bridgehead atoms. The average molecular weight is 164 g/mol. The first-order chi connectivity index (χ1) is 4.33. The number of hydrogen-bond donors (Lipinski definition) is 1. The molecule has 0 radical (unpaired) electrons. The van der Waals surface area contributed by atoms with E-state index in [1.54, 1.807) is 11.8 Å². The van der Waals surface area contributed by atoms with Crippen molar-refractivity contribution in [3.63, 3.8) is 0 Å². The number of hydrogen-bond acceptors (Lipinski definition) is 2. The molecule has 0 aliphatic carbocycles. The van der Waals surface area contributed by atoms with E-state index < -0.39 is 0 Å². The van der Waals surface area contributed by atoms with Gasteiger partial charge in [-0.3, -0.25) is 0 Å². The topological polar surface area (TPSA) is 26.0 Å². The highest BCUT2D eigenvalue weighted by Gasteiger charge is 2.14. The molecular formula is C6H10ClNS. The van der Waals surface area contributed by atoms with Crippen LogP contribution in [-0.4, -0.2) is 11.8 Å². The zero-order valence-corrected chi connectivity index (χ0v) is 6.71. The van der Waals surface area contributed by atoms with E-state index in [0.717, 1.165) is 23.8 Å². The Morgan fingerprint density at radius 2 is 2.67 bits per heavy atom. The third-order valence-corrected chi connectivity index (χ3v) is 2.88. The number of halogens is 1. The second kappa shape index (κ2) is 3.49. The number of rotatable bonds is 2. The number of thioether (sulfide) groups is 1. The van der Waals surface area contributed by atoms with Crippen LogP contribution < -0.4 is 5.73 Å². The summed E-state index contributed by atoms with van der Waals surface area (Å²) in [5.74, 6) is 0. The highest BCUT2D eigenvalue weighted by atomic mass is 35.5. The van der Waals surface area contributed by atoms with Crippen molar-refractivity contribution in [3.8, 4) is 0 Å². The van der Waals surface area contributed by atoms with Gasteiger partial charge in [0, 0.05) is 5.25 Å². The van der Waals surface area contributed by atoms with Crippen molar-refractivity contribution in [2.24, 2.45) is 5.73 Å². The van der Waals surface area contributed by atoms with Crippen LogP contribution in [0.25, 0.3) is 0 Å². The molecular weight excluding hydrogens is 154 g/mol. The molecule has 0 saturated heterocycles. The van der Waals surface area contributed by atoms with Crippen molar-refractivity contribution >= 4 is 23.4 Å². The van der Waals surface area contributed by atoms with E-state index >= 15 is 0 Å². The predicted molar refractivity (Wildman–Crippen MR) is 43.6 cm³/mol. The molecule has 1 nitrogen and oxygen atoms in total. The highest BCUT2D eigenvalue weighted by Crippen LogP contribution is 2.35. The van der Waals surface area contributed by atoms with Crippen LogP contribution in [-0.2, 0) is 0 Å². The smallest absolute Gasteiger partial charge is 0.0698 e. The maximum Gasteiger partial charge on any atom is 0.0698 e. The maximum absolute atomic E-state index is 5.73. The van der Waals surface area contributed by atoms with Gasteiger partial charge in [-0.1, -0.05) is 17.7 Å². The van der Waals surface area contributed by atoms with Gasteiger partial charge in [-0.2, -0.15) is 0 Å². The van der Waals surface area contributed by atoms with Crippen LogP contribution in [0.1, 0.15) is 12.8 Å². The zero-order valence-electron chi connectivity index (χ0n) is 5.14. The van der Waals surface area contributed by atoms with Crippen LogP contribution in [0.3, 0.4) is 0 Å². The summed E-state index contributed by atoms with van der Waals surface area (Å²) in [5.41, 5.74) is 5.37. The standard InChI is InChI=1S/C6H10ClNS/c7-6-2-1-5(9-6)3-4-8/h2,5H,1,3-4,8H2. The largest absolute Gasteiger partial charge is 0.330 e. The summed E-state index contributed by atoms with van der Waals surface area (Å²) >= 11 is 7.46. The summed E-state index contributed by atoms with van der Waals surface area (Å²) in [7, 11) is 0. The van der Waals surface area contributed by atoms with Gasteiger partial charge in [-0.05, 0) is 19.4 Å². The van der Waals surface area contributed by atoms with Crippen LogP contribution in [0.2, 0.25) is 0 Å². The first kappa shape index (κ1) is 7.45. The first-order valence-corrected chi connectivity index (χ1v) is 4.31.